The maximum Gasteiger partial charge on any atom is 0.267 e. The highest BCUT2D eigenvalue weighted by Crippen LogP contribution is 2.35. The minimum Gasteiger partial charge on any atom is -0.506 e. The molecule has 1 unspecified atom stereocenters. The molecule has 4 rings (SSSR count). The van der Waals surface area contributed by atoms with E-state index in [4.69, 9.17) is 0 Å². The molecule has 0 saturated carbocycles. The second kappa shape index (κ2) is 5.94. The largest absolute Gasteiger partial charge is 0.506 e. The van der Waals surface area contributed by atoms with Crippen molar-refractivity contribution in [2.24, 2.45) is 0 Å². The summed E-state index contributed by atoms with van der Waals surface area (Å²) in [6, 6.07) is 5.51. The predicted molar refractivity (Wildman–Crippen MR) is 95.1 cm³/mol. The molecule has 0 fully saturated rings. The third-order valence-electron chi connectivity index (χ3n) is 4.76. The first-order chi connectivity index (χ1) is 12.5. The topological polar surface area (TPSA) is 84.2 Å². The first-order valence-corrected chi connectivity index (χ1v) is 8.28. The third-order valence-corrected chi connectivity index (χ3v) is 4.76. The van der Waals surface area contributed by atoms with Crippen LogP contribution in [0.3, 0.4) is 0 Å². The highest BCUT2D eigenvalue weighted by molar-refractivity contribution is 6.09. The summed E-state index contributed by atoms with van der Waals surface area (Å²) in [5, 5.41) is 13.3. The zero-order chi connectivity index (χ0) is 18.4. The molecule has 0 spiro atoms. The van der Waals surface area contributed by atoms with Crippen molar-refractivity contribution >= 4 is 22.5 Å². The molecule has 132 valence electrons. The maximum atomic E-state index is 14.0. The SMILES string of the molecule is CC1CCc2cc(F)cc3c(O)c(C(=O)Nc4ccncc4)c(=O)n1c23. The number of hydrogen-bond acceptors (Lipinski definition) is 4. The number of nitrogens with one attached hydrogen (secondary N) is 1. The number of amides is 1. The fourth-order valence-corrected chi connectivity index (χ4v) is 3.52. The Hall–Kier alpha value is -3.22. The number of aryl methyl sites for hydroxylation is 1. The highest BCUT2D eigenvalue weighted by Gasteiger charge is 2.28. The van der Waals surface area contributed by atoms with Crippen LogP contribution in [0.15, 0.2) is 41.5 Å². The fraction of sp³-hybridized carbons (Fsp3) is 0.211. The van der Waals surface area contributed by atoms with Gasteiger partial charge in [0.1, 0.15) is 17.1 Å². The smallest absolute Gasteiger partial charge is 0.267 e. The van der Waals surface area contributed by atoms with Crippen LogP contribution in [0.2, 0.25) is 0 Å². The summed E-state index contributed by atoms with van der Waals surface area (Å²) >= 11 is 0. The van der Waals surface area contributed by atoms with Crippen LogP contribution in [0.4, 0.5) is 10.1 Å². The van der Waals surface area contributed by atoms with Crippen molar-refractivity contribution in [3.63, 3.8) is 0 Å². The van der Waals surface area contributed by atoms with Crippen LogP contribution in [-0.2, 0) is 6.42 Å². The quantitative estimate of drug-likeness (QED) is 0.742. The molecule has 1 aliphatic rings. The van der Waals surface area contributed by atoms with Crippen LogP contribution in [0.1, 0.15) is 35.3 Å². The van der Waals surface area contributed by atoms with Gasteiger partial charge < -0.3 is 15.0 Å². The van der Waals surface area contributed by atoms with E-state index in [-0.39, 0.29) is 17.0 Å². The summed E-state index contributed by atoms with van der Waals surface area (Å²) in [6.07, 6.45) is 4.25. The summed E-state index contributed by atoms with van der Waals surface area (Å²) in [5.74, 6) is -1.75. The Morgan fingerprint density at radius 3 is 2.81 bits per heavy atom. The molecular formula is C19H16FN3O3. The van der Waals surface area contributed by atoms with Gasteiger partial charge in [0.2, 0.25) is 0 Å². The van der Waals surface area contributed by atoms with E-state index in [0.717, 1.165) is 6.07 Å². The average Bonchev–Trinajstić information content (AvgIpc) is 2.61. The standard InChI is InChI=1S/C19H16FN3O3/c1-10-2-3-11-8-12(20)9-14-16(11)23(10)19(26)15(17(14)24)18(25)22-13-4-6-21-7-5-13/h4-10,24H,2-3H2,1H3,(H,21,22,25). The van der Waals surface area contributed by atoms with Crippen molar-refractivity contribution in [3.8, 4) is 5.75 Å². The Morgan fingerprint density at radius 2 is 2.08 bits per heavy atom. The molecule has 0 bridgehead atoms. The Labute approximate surface area is 147 Å². The van der Waals surface area contributed by atoms with Crippen molar-refractivity contribution in [2.75, 3.05) is 5.32 Å². The minimum atomic E-state index is -0.743. The lowest BCUT2D eigenvalue weighted by molar-refractivity contribution is 0.102. The third kappa shape index (κ3) is 2.44. The van der Waals surface area contributed by atoms with E-state index in [9.17, 15) is 19.1 Å². The summed E-state index contributed by atoms with van der Waals surface area (Å²) in [6.45, 7) is 1.87. The van der Waals surface area contributed by atoms with Gasteiger partial charge in [-0.1, -0.05) is 0 Å². The molecular weight excluding hydrogens is 337 g/mol. The van der Waals surface area contributed by atoms with E-state index >= 15 is 0 Å². The molecule has 1 aliphatic heterocycles. The number of anilines is 1. The van der Waals surface area contributed by atoms with Crippen molar-refractivity contribution in [1.82, 2.24) is 9.55 Å². The van der Waals surface area contributed by atoms with Crippen LogP contribution in [-0.4, -0.2) is 20.6 Å². The molecule has 1 aromatic carbocycles. The lowest BCUT2D eigenvalue weighted by Gasteiger charge is -2.26. The van der Waals surface area contributed by atoms with Gasteiger partial charge >= 0.3 is 0 Å². The molecule has 26 heavy (non-hydrogen) atoms. The van der Waals surface area contributed by atoms with Crippen LogP contribution in [0.5, 0.6) is 5.75 Å². The summed E-state index contributed by atoms with van der Waals surface area (Å²) in [5.41, 5.74) is 0.622. The van der Waals surface area contributed by atoms with E-state index in [1.807, 2.05) is 6.92 Å². The molecule has 2 aromatic heterocycles. The van der Waals surface area contributed by atoms with Crippen LogP contribution >= 0.6 is 0 Å². The molecule has 6 nitrogen and oxygen atoms in total. The molecule has 1 atom stereocenters. The lowest BCUT2D eigenvalue weighted by Crippen LogP contribution is -2.33. The van der Waals surface area contributed by atoms with Crippen molar-refractivity contribution in [1.29, 1.82) is 0 Å². The van der Waals surface area contributed by atoms with Crippen LogP contribution < -0.4 is 10.9 Å². The van der Waals surface area contributed by atoms with Gasteiger partial charge in [0.25, 0.3) is 11.5 Å². The molecule has 3 heterocycles. The molecule has 1 amide bonds. The Kier molecular flexibility index (Phi) is 3.72. The molecule has 0 radical (unpaired) electrons. The number of pyridine rings is 2. The molecule has 0 saturated heterocycles. The fourth-order valence-electron chi connectivity index (χ4n) is 3.52. The summed E-state index contributed by atoms with van der Waals surface area (Å²) in [7, 11) is 0. The number of hydrogen-bond donors (Lipinski definition) is 2. The predicted octanol–water partition coefficient (Wildman–Crippen LogP) is 3.00. The van der Waals surface area contributed by atoms with Gasteiger partial charge in [-0.15, -0.1) is 0 Å². The summed E-state index contributed by atoms with van der Waals surface area (Å²) in [4.78, 5) is 29.5. The Morgan fingerprint density at radius 1 is 1.35 bits per heavy atom. The number of rotatable bonds is 2. The van der Waals surface area contributed by atoms with Gasteiger partial charge in [0.05, 0.1) is 5.52 Å². The normalized spacial score (nSPS) is 15.8. The number of aromatic nitrogens is 2. The number of carbonyl (C=O) groups excluding carboxylic acids is 1. The van der Waals surface area contributed by atoms with Gasteiger partial charge in [-0.25, -0.2) is 4.39 Å². The van der Waals surface area contributed by atoms with Crippen molar-refractivity contribution < 1.29 is 14.3 Å². The Balaban J connectivity index is 1.96. The van der Waals surface area contributed by atoms with Crippen molar-refractivity contribution in [3.05, 3.63) is 64.0 Å². The van der Waals surface area contributed by atoms with Gasteiger partial charge in [-0.05, 0) is 49.6 Å². The number of benzene rings is 1. The minimum absolute atomic E-state index is 0.156. The van der Waals surface area contributed by atoms with Crippen molar-refractivity contribution in [2.45, 2.75) is 25.8 Å². The average molecular weight is 353 g/mol. The molecule has 3 aromatic rings. The van der Waals surface area contributed by atoms with E-state index in [1.165, 1.54) is 23.0 Å². The highest BCUT2D eigenvalue weighted by atomic mass is 19.1. The molecule has 0 aliphatic carbocycles. The summed E-state index contributed by atoms with van der Waals surface area (Å²) < 4.78 is 15.5. The zero-order valence-electron chi connectivity index (χ0n) is 14.0. The number of halogens is 1. The molecule has 7 heteroatoms. The lowest BCUT2D eigenvalue weighted by atomic mass is 9.95. The second-order valence-electron chi connectivity index (χ2n) is 6.44. The van der Waals surface area contributed by atoms with Crippen LogP contribution in [0.25, 0.3) is 10.9 Å². The maximum absolute atomic E-state index is 14.0. The van der Waals surface area contributed by atoms with Gasteiger partial charge in [0.15, 0.2) is 0 Å². The molecule has 2 N–H and O–H groups in total. The Bertz CT molecular complexity index is 1090. The van der Waals surface area contributed by atoms with Gasteiger partial charge in [0, 0.05) is 29.5 Å². The van der Waals surface area contributed by atoms with E-state index in [0.29, 0.717) is 29.6 Å². The van der Waals surface area contributed by atoms with Crippen LogP contribution in [0, 0.1) is 5.82 Å². The number of nitrogens with zero attached hydrogens (tertiary/aromatic N) is 2. The first-order valence-electron chi connectivity index (χ1n) is 8.28. The van der Waals surface area contributed by atoms with Gasteiger partial charge in [-0.3, -0.25) is 14.6 Å². The number of aromatic hydroxyl groups is 1. The first kappa shape index (κ1) is 16.3. The number of carbonyl (C=O) groups is 1. The van der Waals surface area contributed by atoms with E-state index in [2.05, 4.69) is 10.3 Å². The van der Waals surface area contributed by atoms with Gasteiger partial charge in [-0.2, -0.15) is 0 Å². The zero-order valence-corrected chi connectivity index (χ0v) is 14.0. The van der Waals surface area contributed by atoms with E-state index in [1.54, 1.807) is 12.1 Å². The monoisotopic (exact) mass is 353 g/mol. The second-order valence-corrected chi connectivity index (χ2v) is 6.44. The van der Waals surface area contributed by atoms with E-state index < -0.39 is 23.0 Å².